The number of benzene rings is 2. The van der Waals surface area contributed by atoms with Gasteiger partial charge in [-0.15, -0.1) is 0 Å². The second kappa shape index (κ2) is 11.1. The Kier molecular flexibility index (Phi) is 8.49. The lowest BCUT2D eigenvalue weighted by Crippen LogP contribution is -2.54. The van der Waals surface area contributed by atoms with Gasteiger partial charge in [-0.3, -0.25) is 14.4 Å². The molecule has 1 fully saturated rings. The fraction of sp³-hybridized carbons (Fsp3) is 0.318. The van der Waals surface area contributed by atoms with Gasteiger partial charge in [0.1, 0.15) is 0 Å². The van der Waals surface area contributed by atoms with Crippen molar-refractivity contribution in [3.05, 3.63) is 57.2 Å². The maximum Gasteiger partial charge on any atom is 0.253 e. The highest BCUT2D eigenvalue weighted by molar-refractivity contribution is 14.1. The highest BCUT2D eigenvalue weighted by Gasteiger charge is 2.28. The number of nitrogen functional groups attached to an aromatic ring is 1. The van der Waals surface area contributed by atoms with Gasteiger partial charge in [0.25, 0.3) is 11.8 Å². The highest BCUT2D eigenvalue weighted by atomic mass is 127. The fourth-order valence-electron chi connectivity index (χ4n) is 3.76. The molecule has 0 bridgehead atoms. The summed E-state index contributed by atoms with van der Waals surface area (Å²) in [6.45, 7) is -0.226. The Labute approximate surface area is 211 Å². The topological polar surface area (TPSA) is 173 Å². The van der Waals surface area contributed by atoms with E-state index >= 15 is 0 Å². The van der Waals surface area contributed by atoms with Gasteiger partial charge in [-0.05, 0) is 77.9 Å². The average Bonchev–Trinajstić information content (AvgIpc) is 2.80. The van der Waals surface area contributed by atoms with Crippen LogP contribution in [0.2, 0.25) is 0 Å². The Bertz CT molecular complexity index is 1190. The molecular formula is C22H26IN5O5S. The van der Waals surface area contributed by atoms with Gasteiger partial charge in [-0.2, -0.15) is 0 Å². The van der Waals surface area contributed by atoms with Gasteiger partial charge in [0.15, 0.2) is 0 Å². The van der Waals surface area contributed by atoms with Gasteiger partial charge in [0, 0.05) is 26.9 Å². The minimum Gasteiger partial charge on any atom is -0.398 e. The van der Waals surface area contributed by atoms with Crippen molar-refractivity contribution in [2.75, 3.05) is 12.3 Å². The molecule has 3 amide bonds. The lowest BCUT2D eigenvalue weighted by Gasteiger charge is -2.33. The van der Waals surface area contributed by atoms with Gasteiger partial charge in [0.2, 0.25) is 15.9 Å². The first-order chi connectivity index (χ1) is 16.0. The largest absolute Gasteiger partial charge is 0.398 e. The van der Waals surface area contributed by atoms with Crippen LogP contribution in [0.25, 0.3) is 0 Å². The minimum atomic E-state index is -3.85. The second-order valence-electron chi connectivity index (χ2n) is 8.02. The van der Waals surface area contributed by atoms with Crippen LogP contribution in [0.5, 0.6) is 0 Å². The molecule has 10 nitrogen and oxygen atoms in total. The van der Waals surface area contributed by atoms with Gasteiger partial charge in [-0.25, -0.2) is 13.6 Å². The molecule has 1 aliphatic rings. The third-order valence-corrected chi connectivity index (χ3v) is 7.14. The summed E-state index contributed by atoms with van der Waals surface area (Å²) in [5, 5.41) is 13.5. The number of nitrogens with one attached hydrogen (secondary N) is 3. The number of rotatable bonds is 7. The van der Waals surface area contributed by atoms with Gasteiger partial charge < -0.3 is 21.7 Å². The highest BCUT2D eigenvalue weighted by Crippen LogP contribution is 2.20. The second-order valence-corrected chi connectivity index (χ2v) is 10.8. The smallest absolute Gasteiger partial charge is 0.253 e. The van der Waals surface area contributed by atoms with Crippen molar-refractivity contribution in [3.8, 4) is 0 Å². The zero-order valence-electron chi connectivity index (χ0n) is 18.2. The lowest BCUT2D eigenvalue weighted by molar-refractivity contribution is -0.121. The zero-order valence-corrected chi connectivity index (χ0v) is 21.2. The summed E-state index contributed by atoms with van der Waals surface area (Å²) in [6, 6.07) is 9.78. The molecule has 0 spiro atoms. The molecule has 12 heteroatoms. The SMILES string of the molecule is Nc1ccc(I)cc1C(=O)NCC(=O)N[C@H]1CCCC[C@H]1NC(=O)c1ccc(S(N)(=O)=O)cc1. The van der Waals surface area contributed by atoms with Gasteiger partial charge in [-0.1, -0.05) is 12.8 Å². The fourth-order valence-corrected chi connectivity index (χ4v) is 4.77. The first-order valence-corrected chi connectivity index (χ1v) is 13.2. The third-order valence-electron chi connectivity index (χ3n) is 5.54. The van der Waals surface area contributed by atoms with Crippen molar-refractivity contribution >= 4 is 56.0 Å². The van der Waals surface area contributed by atoms with Crippen LogP contribution in [0.15, 0.2) is 47.4 Å². The van der Waals surface area contributed by atoms with Crippen LogP contribution in [0.3, 0.4) is 0 Å². The van der Waals surface area contributed by atoms with E-state index in [1.807, 2.05) is 0 Å². The average molecular weight is 599 g/mol. The Morgan fingerprint density at radius 3 is 2.18 bits per heavy atom. The number of halogens is 1. The molecule has 3 rings (SSSR count). The van der Waals surface area contributed by atoms with Gasteiger partial charge >= 0.3 is 0 Å². The van der Waals surface area contributed by atoms with Gasteiger partial charge in [0.05, 0.1) is 17.0 Å². The van der Waals surface area contributed by atoms with E-state index in [0.29, 0.717) is 24.1 Å². The van der Waals surface area contributed by atoms with Crippen LogP contribution in [-0.2, 0) is 14.8 Å². The van der Waals surface area contributed by atoms with Crippen molar-refractivity contribution in [1.29, 1.82) is 0 Å². The molecule has 0 aliphatic heterocycles. The number of hydrogen-bond acceptors (Lipinski definition) is 6. The Morgan fingerprint density at radius 2 is 1.56 bits per heavy atom. The zero-order chi connectivity index (χ0) is 24.9. The van der Waals surface area contributed by atoms with Crippen LogP contribution >= 0.6 is 22.6 Å². The van der Waals surface area contributed by atoms with E-state index in [9.17, 15) is 22.8 Å². The van der Waals surface area contributed by atoms with Crippen LogP contribution in [-0.4, -0.2) is 44.8 Å². The number of carbonyl (C=O) groups excluding carboxylic acids is 3. The molecule has 7 N–H and O–H groups in total. The van der Waals surface area contributed by atoms with E-state index in [4.69, 9.17) is 10.9 Å². The number of primary sulfonamides is 1. The van der Waals surface area contributed by atoms with Crippen LogP contribution < -0.4 is 26.8 Å². The monoisotopic (exact) mass is 599 g/mol. The Hall–Kier alpha value is -2.71. The number of carbonyl (C=O) groups is 3. The molecule has 1 saturated carbocycles. The van der Waals surface area contributed by atoms with Crippen molar-refractivity contribution in [2.24, 2.45) is 5.14 Å². The Balaban J connectivity index is 1.57. The van der Waals surface area contributed by atoms with Crippen molar-refractivity contribution < 1.29 is 22.8 Å². The third kappa shape index (κ3) is 6.90. The number of hydrogen-bond donors (Lipinski definition) is 5. The molecule has 2 aromatic rings. The van der Waals surface area contributed by atoms with Crippen molar-refractivity contribution in [3.63, 3.8) is 0 Å². The standard InChI is InChI=1S/C22H26IN5O5S/c23-14-7-10-17(24)16(11-14)22(31)26-12-20(29)27-18-3-1-2-4-19(18)28-21(30)13-5-8-15(9-6-13)34(25,32)33/h5-11,18-19H,1-4,12,24H2,(H,26,31)(H,27,29)(H,28,30)(H2,25,32,33)/t18-,19+/m0/s1. The molecule has 182 valence electrons. The first kappa shape index (κ1) is 25.9. The minimum absolute atomic E-state index is 0.0825. The molecule has 34 heavy (non-hydrogen) atoms. The van der Waals surface area contributed by atoms with Crippen molar-refractivity contribution in [1.82, 2.24) is 16.0 Å². The molecule has 0 heterocycles. The van der Waals surface area contributed by atoms with Crippen LogP contribution in [0.1, 0.15) is 46.4 Å². The first-order valence-electron chi connectivity index (χ1n) is 10.6. The quantitative estimate of drug-likeness (QED) is 0.236. The summed E-state index contributed by atoms with van der Waals surface area (Å²) >= 11 is 2.07. The normalized spacial score (nSPS) is 18.1. The van der Waals surface area contributed by atoms with E-state index in [-0.39, 0.29) is 40.9 Å². The molecule has 0 unspecified atom stereocenters. The van der Waals surface area contributed by atoms with Crippen LogP contribution in [0, 0.1) is 3.57 Å². The van der Waals surface area contributed by atoms with Crippen molar-refractivity contribution in [2.45, 2.75) is 42.7 Å². The number of sulfonamides is 1. The maximum absolute atomic E-state index is 12.7. The Morgan fingerprint density at radius 1 is 0.941 bits per heavy atom. The molecule has 0 aromatic heterocycles. The molecule has 2 atom stereocenters. The summed E-state index contributed by atoms with van der Waals surface area (Å²) in [7, 11) is -3.85. The number of nitrogens with two attached hydrogens (primary N) is 2. The van der Waals surface area contributed by atoms with E-state index in [2.05, 4.69) is 38.5 Å². The predicted octanol–water partition coefficient (Wildman–Crippen LogP) is 1.11. The molecule has 0 radical (unpaired) electrons. The predicted molar refractivity (Wildman–Crippen MR) is 135 cm³/mol. The van der Waals surface area contributed by atoms with E-state index in [1.165, 1.54) is 24.3 Å². The number of anilines is 1. The summed E-state index contributed by atoms with van der Waals surface area (Å²) < 4.78 is 23.6. The molecule has 0 saturated heterocycles. The molecular weight excluding hydrogens is 573 g/mol. The molecule has 1 aliphatic carbocycles. The van der Waals surface area contributed by atoms with E-state index in [1.54, 1.807) is 18.2 Å². The lowest BCUT2D eigenvalue weighted by atomic mass is 9.90. The summed E-state index contributed by atoms with van der Waals surface area (Å²) in [4.78, 5) is 37.5. The maximum atomic E-state index is 12.7. The summed E-state index contributed by atoms with van der Waals surface area (Å²) in [6.07, 6.45) is 3.14. The van der Waals surface area contributed by atoms with E-state index in [0.717, 1.165) is 16.4 Å². The van der Waals surface area contributed by atoms with E-state index < -0.39 is 15.9 Å². The summed E-state index contributed by atoms with van der Waals surface area (Å²) in [5.41, 5.74) is 6.76. The number of amides is 3. The summed E-state index contributed by atoms with van der Waals surface area (Å²) in [5.74, 6) is -1.20. The van der Waals surface area contributed by atoms with Crippen LogP contribution in [0.4, 0.5) is 5.69 Å². The molecule has 2 aromatic carbocycles.